The van der Waals surface area contributed by atoms with Crippen molar-refractivity contribution >= 4 is 11.8 Å². The van der Waals surface area contributed by atoms with E-state index in [1.54, 1.807) is 0 Å². The molecule has 21 heavy (non-hydrogen) atoms. The number of carbonyl (C=O) groups excluding carboxylic acids is 2. The van der Waals surface area contributed by atoms with E-state index in [0.29, 0.717) is 18.5 Å². The zero-order valence-electron chi connectivity index (χ0n) is 12.8. The number of nitrogens with zero attached hydrogens (tertiary/aromatic N) is 1. The van der Waals surface area contributed by atoms with Crippen LogP contribution in [0.25, 0.3) is 0 Å². The first-order chi connectivity index (χ1) is 9.93. The predicted molar refractivity (Wildman–Crippen MR) is 79.0 cm³/mol. The molecule has 3 N–H and O–H groups in total. The lowest BCUT2D eigenvalue weighted by molar-refractivity contribution is -0.128. The number of ether oxygens (including phenoxy) is 1. The molecule has 1 aromatic heterocycles. The number of hydrogen-bond donors (Lipinski definition) is 2. The lowest BCUT2D eigenvalue weighted by Gasteiger charge is -2.13. The fourth-order valence-corrected chi connectivity index (χ4v) is 2.88. The monoisotopic (exact) mass is 293 g/mol. The second-order valence-electron chi connectivity index (χ2n) is 5.47. The Morgan fingerprint density at radius 2 is 2.14 bits per heavy atom. The molecular weight excluding hydrogens is 270 g/mol. The van der Waals surface area contributed by atoms with Gasteiger partial charge < -0.3 is 20.4 Å². The molecule has 2 amide bonds. The van der Waals surface area contributed by atoms with Gasteiger partial charge in [0, 0.05) is 24.5 Å². The van der Waals surface area contributed by atoms with Crippen molar-refractivity contribution in [3.8, 4) is 0 Å². The molecule has 116 valence electrons. The summed E-state index contributed by atoms with van der Waals surface area (Å²) in [6.07, 6.45) is 0.709. The first-order valence-electron chi connectivity index (χ1n) is 7.33. The van der Waals surface area contributed by atoms with Crippen LogP contribution >= 0.6 is 0 Å². The Bertz CT molecular complexity index is 551. The van der Waals surface area contributed by atoms with Crippen LogP contribution in [-0.2, 0) is 16.1 Å². The lowest BCUT2D eigenvalue weighted by atomic mass is 10.2. The van der Waals surface area contributed by atoms with Crippen molar-refractivity contribution in [2.24, 2.45) is 5.73 Å². The fraction of sp³-hybridized carbons (Fsp3) is 0.600. The van der Waals surface area contributed by atoms with Crippen LogP contribution < -0.4 is 11.1 Å². The number of rotatable bonds is 5. The summed E-state index contributed by atoms with van der Waals surface area (Å²) >= 11 is 0. The minimum Gasteiger partial charge on any atom is -0.367 e. The summed E-state index contributed by atoms with van der Waals surface area (Å²) in [5.74, 6) is -0.538. The molecule has 0 aromatic carbocycles. The number of nitrogens with two attached hydrogens (primary N) is 1. The summed E-state index contributed by atoms with van der Waals surface area (Å²) in [6.45, 7) is 7.23. The maximum Gasteiger partial charge on any atom is 0.253 e. The Balaban J connectivity index is 1.93. The summed E-state index contributed by atoms with van der Waals surface area (Å²) in [5, 5.41) is 2.88. The van der Waals surface area contributed by atoms with Crippen LogP contribution in [0.5, 0.6) is 0 Å². The van der Waals surface area contributed by atoms with E-state index in [2.05, 4.69) is 16.8 Å². The largest absolute Gasteiger partial charge is 0.367 e. The highest BCUT2D eigenvalue weighted by Gasteiger charge is 2.29. The minimum atomic E-state index is -0.517. The molecule has 2 rings (SSSR count). The first kappa shape index (κ1) is 15.6. The van der Waals surface area contributed by atoms with Gasteiger partial charge in [0.15, 0.2) is 0 Å². The Kier molecular flexibility index (Phi) is 4.67. The Morgan fingerprint density at radius 1 is 1.43 bits per heavy atom. The Hall–Kier alpha value is -1.82. The van der Waals surface area contributed by atoms with E-state index < -0.39 is 12.0 Å². The third-order valence-electron chi connectivity index (χ3n) is 4.05. The van der Waals surface area contributed by atoms with Crippen molar-refractivity contribution < 1.29 is 14.3 Å². The van der Waals surface area contributed by atoms with Crippen LogP contribution in [-0.4, -0.2) is 35.1 Å². The quantitative estimate of drug-likeness (QED) is 0.845. The average Bonchev–Trinajstić information content (AvgIpc) is 3.01. The molecule has 0 unspecified atom stereocenters. The number of nitrogens with one attached hydrogen (secondary N) is 1. The van der Waals surface area contributed by atoms with Crippen molar-refractivity contribution in [2.45, 2.75) is 52.4 Å². The maximum absolute atomic E-state index is 12.2. The Labute approximate surface area is 124 Å². The van der Waals surface area contributed by atoms with Crippen LogP contribution in [0, 0.1) is 13.8 Å². The molecule has 6 nitrogen and oxygen atoms in total. The van der Waals surface area contributed by atoms with Crippen molar-refractivity contribution in [1.29, 1.82) is 0 Å². The van der Waals surface area contributed by atoms with E-state index in [0.717, 1.165) is 24.4 Å². The van der Waals surface area contributed by atoms with Crippen LogP contribution in [0.15, 0.2) is 6.07 Å². The van der Waals surface area contributed by atoms with Crippen molar-refractivity contribution in [3.05, 3.63) is 23.0 Å². The second kappa shape index (κ2) is 6.30. The molecule has 1 saturated heterocycles. The molecule has 0 aliphatic carbocycles. The van der Waals surface area contributed by atoms with Gasteiger partial charge in [-0.1, -0.05) is 0 Å². The van der Waals surface area contributed by atoms with Gasteiger partial charge in [0.1, 0.15) is 6.10 Å². The van der Waals surface area contributed by atoms with Crippen molar-refractivity contribution in [2.75, 3.05) is 6.54 Å². The molecule has 0 bridgehead atoms. The number of primary amides is 1. The van der Waals surface area contributed by atoms with Crippen LogP contribution in [0.1, 0.15) is 41.5 Å². The van der Waals surface area contributed by atoms with Gasteiger partial charge in [0.25, 0.3) is 5.91 Å². The Morgan fingerprint density at radius 3 is 2.67 bits per heavy atom. The third kappa shape index (κ3) is 3.26. The third-order valence-corrected chi connectivity index (χ3v) is 4.05. The molecule has 1 aliphatic rings. The molecule has 6 heteroatoms. The van der Waals surface area contributed by atoms with E-state index in [1.807, 2.05) is 19.9 Å². The van der Waals surface area contributed by atoms with Gasteiger partial charge in [-0.3, -0.25) is 9.59 Å². The molecule has 1 aromatic rings. The second-order valence-corrected chi connectivity index (χ2v) is 5.47. The topological polar surface area (TPSA) is 86.4 Å². The smallest absolute Gasteiger partial charge is 0.253 e. The van der Waals surface area contributed by atoms with E-state index in [1.165, 1.54) is 0 Å². The zero-order chi connectivity index (χ0) is 15.6. The molecule has 1 fully saturated rings. The van der Waals surface area contributed by atoms with E-state index in [-0.39, 0.29) is 12.0 Å². The number of aryl methyl sites for hydroxylation is 1. The number of carbonyl (C=O) groups is 2. The SMILES string of the molecule is CCn1c(C)cc(C(=O)NC[C@@H]2CC[C@H](C(N)=O)O2)c1C. The summed E-state index contributed by atoms with van der Waals surface area (Å²) in [7, 11) is 0. The highest BCUT2D eigenvalue weighted by molar-refractivity contribution is 5.95. The molecule has 1 aliphatic heterocycles. The lowest BCUT2D eigenvalue weighted by Crippen LogP contribution is -2.34. The summed E-state index contributed by atoms with van der Waals surface area (Å²) < 4.78 is 7.60. The zero-order valence-corrected chi connectivity index (χ0v) is 12.8. The van der Waals surface area contributed by atoms with E-state index in [9.17, 15) is 9.59 Å². The first-order valence-corrected chi connectivity index (χ1v) is 7.33. The van der Waals surface area contributed by atoms with Crippen molar-refractivity contribution in [1.82, 2.24) is 9.88 Å². The molecule has 0 radical (unpaired) electrons. The molecule has 0 spiro atoms. The number of aromatic nitrogens is 1. The molecule has 2 heterocycles. The minimum absolute atomic E-state index is 0.103. The molecular formula is C15H23N3O3. The summed E-state index contributed by atoms with van der Waals surface area (Å²) in [4.78, 5) is 23.3. The van der Waals surface area contributed by atoms with Gasteiger partial charge in [0.05, 0.1) is 11.7 Å². The van der Waals surface area contributed by atoms with Crippen LogP contribution in [0.3, 0.4) is 0 Å². The van der Waals surface area contributed by atoms with Gasteiger partial charge in [-0.15, -0.1) is 0 Å². The van der Waals surface area contributed by atoms with E-state index >= 15 is 0 Å². The predicted octanol–water partition coefficient (Wildman–Crippen LogP) is 0.888. The van der Waals surface area contributed by atoms with Gasteiger partial charge >= 0.3 is 0 Å². The van der Waals surface area contributed by atoms with Crippen LogP contribution in [0.2, 0.25) is 0 Å². The van der Waals surface area contributed by atoms with E-state index in [4.69, 9.17) is 10.5 Å². The molecule has 0 saturated carbocycles. The van der Waals surface area contributed by atoms with Gasteiger partial charge in [0.2, 0.25) is 5.91 Å². The number of hydrogen-bond acceptors (Lipinski definition) is 3. The number of amides is 2. The summed E-state index contributed by atoms with van der Waals surface area (Å²) in [5.41, 5.74) is 7.94. The molecule has 2 atom stereocenters. The standard InChI is InChI=1S/C15H23N3O3/c1-4-18-9(2)7-12(10(18)3)15(20)17-8-11-5-6-13(21-11)14(16)19/h7,11,13H,4-6,8H2,1-3H3,(H2,16,19)(H,17,20)/t11-,13+/m0/s1. The average molecular weight is 293 g/mol. The van der Waals surface area contributed by atoms with Crippen molar-refractivity contribution in [3.63, 3.8) is 0 Å². The highest BCUT2D eigenvalue weighted by Crippen LogP contribution is 2.19. The summed E-state index contributed by atoms with van der Waals surface area (Å²) in [6, 6.07) is 1.90. The van der Waals surface area contributed by atoms with Gasteiger partial charge in [-0.25, -0.2) is 0 Å². The maximum atomic E-state index is 12.2. The normalized spacial score (nSPS) is 21.5. The highest BCUT2D eigenvalue weighted by atomic mass is 16.5. The van der Waals surface area contributed by atoms with Crippen LogP contribution in [0.4, 0.5) is 0 Å². The van der Waals surface area contributed by atoms with Gasteiger partial charge in [-0.05, 0) is 39.7 Å². The fourth-order valence-electron chi connectivity index (χ4n) is 2.88. The van der Waals surface area contributed by atoms with Gasteiger partial charge in [-0.2, -0.15) is 0 Å².